The monoisotopic (exact) mass is 316 g/mol. The van der Waals surface area contributed by atoms with Crippen molar-refractivity contribution in [3.8, 4) is 0 Å². The van der Waals surface area contributed by atoms with Crippen molar-refractivity contribution >= 4 is 5.97 Å². The van der Waals surface area contributed by atoms with E-state index in [4.69, 9.17) is 18.9 Å². The van der Waals surface area contributed by atoms with Crippen molar-refractivity contribution in [3.05, 3.63) is 0 Å². The predicted octanol–water partition coefficient (Wildman–Crippen LogP) is 1.50. The van der Waals surface area contributed by atoms with E-state index >= 15 is 0 Å². The Morgan fingerprint density at radius 3 is 2.41 bits per heavy atom. The number of hydrogen-bond donors (Lipinski definition) is 1. The van der Waals surface area contributed by atoms with Gasteiger partial charge in [0.05, 0.1) is 26.4 Å². The molecule has 0 saturated carbocycles. The van der Waals surface area contributed by atoms with Gasteiger partial charge in [-0.2, -0.15) is 0 Å². The number of aliphatic hydroxyl groups is 1. The number of unbranched alkanes of at least 4 members (excludes halogenated alkanes) is 1. The van der Waals surface area contributed by atoms with Gasteiger partial charge in [0.2, 0.25) is 0 Å². The molecule has 3 unspecified atom stereocenters. The summed E-state index contributed by atoms with van der Waals surface area (Å²) in [5.74, 6) is 0.605. The highest BCUT2D eigenvalue weighted by molar-refractivity contribution is 5.69. The molecule has 3 atom stereocenters. The molecular formula is C16H28O6. The number of carbonyl (C=O) groups is 1. The molecule has 2 heterocycles. The molecule has 128 valence electrons. The van der Waals surface area contributed by atoms with Gasteiger partial charge in [-0.25, -0.2) is 0 Å². The van der Waals surface area contributed by atoms with Gasteiger partial charge in [0.1, 0.15) is 0 Å². The molecule has 2 aliphatic heterocycles. The maximum Gasteiger partial charge on any atom is 0.305 e. The lowest BCUT2D eigenvalue weighted by atomic mass is 10.1. The van der Waals surface area contributed by atoms with Crippen LogP contribution in [0, 0.1) is 11.8 Å². The quantitative estimate of drug-likeness (QED) is 0.374. The number of ether oxygens (including phenoxy) is 4. The molecule has 0 aromatic heterocycles. The molecule has 0 aromatic rings. The highest BCUT2D eigenvalue weighted by atomic mass is 16.6. The summed E-state index contributed by atoms with van der Waals surface area (Å²) in [6.07, 6.45) is 3.66. The summed E-state index contributed by atoms with van der Waals surface area (Å²) < 4.78 is 21.1. The number of hydrogen-bond acceptors (Lipinski definition) is 6. The second kappa shape index (κ2) is 10.2. The van der Waals surface area contributed by atoms with E-state index in [-0.39, 0.29) is 5.97 Å². The molecule has 2 aliphatic rings. The maximum atomic E-state index is 11.6. The van der Waals surface area contributed by atoms with Crippen molar-refractivity contribution in [2.75, 3.05) is 39.6 Å². The smallest absolute Gasteiger partial charge is 0.305 e. The predicted molar refractivity (Wildman–Crippen MR) is 79.2 cm³/mol. The van der Waals surface area contributed by atoms with E-state index in [1.54, 1.807) is 0 Å². The third-order valence-electron chi connectivity index (χ3n) is 4.13. The second-order valence-corrected chi connectivity index (χ2v) is 6.18. The molecule has 1 N–H and O–H groups in total. The van der Waals surface area contributed by atoms with Crippen molar-refractivity contribution in [1.82, 2.24) is 0 Å². The zero-order chi connectivity index (χ0) is 15.6. The Bertz CT molecular complexity index is 310. The number of rotatable bonds is 10. The van der Waals surface area contributed by atoms with Gasteiger partial charge in [0.25, 0.3) is 0 Å². The van der Waals surface area contributed by atoms with Crippen molar-refractivity contribution < 1.29 is 28.8 Å². The fourth-order valence-electron chi connectivity index (χ4n) is 2.63. The molecule has 0 radical (unpaired) electrons. The largest absolute Gasteiger partial charge is 0.465 e. The van der Waals surface area contributed by atoms with E-state index in [9.17, 15) is 9.90 Å². The standard InChI is InChI=1S/C16H28O6/c17-15(21-11-13-5-7-19-9-13)3-1-2-4-16(18)22-12-14-6-8-20-10-14/h13-15,17H,1-12H2. The molecule has 6 nitrogen and oxygen atoms in total. The van der Waals surface area contributed by atoms with E-state index in [1.807, 2.05) is 0 Å². The minimum absolute atomic E-state index is 0.162. The molecule has 2 fully saturated rings. The fraction of sp³-hybridized carbons (Fsp3) is 0.938. The molecule has 6 heteroatoms. The van der Waals surface area contributed by atoms with Crippen molar-refractivity contribution in [1.29, 1.82) is 0 Å². The zero-order valence-electron chi connectivity index (χ0n) is 13.2. The third kappa shape index (κ3) is 7.05. The number of esters is 1. The molecule has 0 aliphatic carbocycles. The van der Waals surface area contributed by atoms with Crippen LogP contribution in [0.3, 0.4) is 0 Å². The van der Waals surface area contributed by atoms with Gasteiger partial charge in [-0.15, -0.1) is 0 Å². The van der Waals surface area contributed by atoms with Crippen LogP contribution in [0.2, 0.25) is 0 Å². The first-order valence-corrected chi connectivity index (χ1v) is 8.35. The first-order chi connectivity index (χ1) is 10.7. The lowest BCUT2D eigenvalue weighted by Crippen LogP contribution is -2.18. The molecule has 22 heavy (non-hydrogen) atoms. The SMILES string of the molecule is O=C(CCCCC(O)OCC1CCOC1)OCC1CCOC1. The first kappa shape index (κ1) is 17.7. The van der Waals surface area contributed by atoms with Gasteiger partial charge < -0.3 is 24.1 Å². The van der Waals surface area contributed by atoms with Crippen LogP contribution in [-0.4, -0.2) is 57.0 Å². The topological polar surface area (TPSA) is 74.2 Å². The maximum absolute atomic E-state index is 11.6. The first-order valence-electron chi connectivity index (χ1n) is 8.35. The number of carbonyl (C=O) groups excluding carboxylic acids is 1. The van der Waals surface area contributed by atoms with Crippen LogP contribution in [0.4, 0.5) is 0 Å². The van der Waals surface area contributed by atoms with Crippen molar-refractivity contribution in [2.45, 2.75) is 44.8 Å². The Labute approximate surface area is 132 Å². The summed E-state index contributed by atoms with van der Waals surface area (Å²) in [5.41, 5.74) is 0. The van der Waals surface area contributed by atoms with E-state index in [0.29, 0.717) is 50.9 Å². The Morgan fingerprint density at radius 1 is 1.09 bits per heavy atom. The summed E-state index contributed by atoms with van der Waals surface area (Å²) in [4.78, 5) is 11.6. The molecular weight excluding hydrogens is 288 g/mol. The van der Waals surface area contributed by atoms with Crippen molar-refractivity contribution in [3.63, 3.8) is 0 Å². The molecule has 2 rings (SSSR count). The minimum Gasteiger partial charge on any atom is -0.465 e. The highest BCUT2D eigenvalue weighted by Gasteiger charge is 2.18. The van der Waals surface area contributed by atoms with E-state index < -0.39 is 6.29 Å². The lowest BCUT2D eigenvalue weighted by Gasteiger charge is -2.14. The molecule has 0 spiro atoms. The Balaban J connectivity index is 1.41. The van der Waals surface area contributed by atoms with Crippen LogP contribution in [0.25, 0.3) is 0 Å². The Hall–Kier alpha value is -0.690. The van der Waals surface area contributed by atoms with Gasteiger partial charge in [0, 0.05) is 31.5 Å². The summed E-state index contributed by atoms with van der Waals surface area (Å²) in [6, 6.07) is 0. The van der Waals surface area contributed by atoms with Gasteiger partial charge in [-0.3, -0.25) is 4.79 Å². The molecule has 0 amide bonds. The van der Waals surface area contributed by atoms with Crippen LogP contribution in [-0.2, 0) is 23.7 Å². The van der Waals surface area contributed by atoms with Gasteiger partial charge >= 0.3 is 5.97 Å². The zero-order valence-corrected chi connectivity index (χ0v) is 13.2. The summed E-state index contributed by atoms with van der Waals surface area (Å²) in [6.45, 7) is 4.00. The number of aliphatic hydroxyl groups excluding tert-OH is 1. The fourth-order valence-corrected chi connectivity index (χ4v) is 2.63. The van der Waals surface area contributed by atoms with Crippen molar-refractivity contribution in [2.24, 2.45) is 11.8 Å². The summed E-state index contributed by atoms with van der Waals surface area (Å²) >= 11 is 0. The van der Waals surface area contributed by atoms with Gasteiger partial charge in [-0.1, -0.05) is 0 Å². The van der Waals surface area contributed by atoms with E-state index in [2.05, 4.69) is 0 Å². The summed E-state index contributed by atoms with van der Waals surface area (Å²) in [5, 5.41) is 9.73. The van der Waals surface area contributed by atoms with Crippen LogP contribution < -0.4 is 0 Å². The normalized spacial score (nSPS) is 26.2. The Morgan fingerprint density at radius 2 is 1.77 bits per heavy atom. The van der Waals surface area contributed by atoms with E-state index in [1.165, 1.54) is 0 Å². The van der Waals surface area contributed by atoms with Gasteiger partial charge in [-0.05, 0) is 32.1 Å². The van der Waals surface area contributed by atoms with Crippen LogP contribution >= 0.6 is 0 Å². The minimum atomic E-state index is -0.743. The van der Waals surface area contributed by atoms with Crippen LogP contribution in [0.5, 0.6) is 0 Å². The van der Waals surface area contributed by atoms with Crippen LogP contribution in [0.1, 0.15) is 38.5 Å². The highest BCUT2D eigenvalue weighted by Crippen LogP contribution is 2.15. The average molecular weight is 316 g/mol. The second-order valence-electron chi connectivity index (χ2n) is 6.18. The third-order valence-corrected chi connectivity index (χ3v) is 4.13. The van der Waals surface area contributed by atoms with E-state index in [0.717, 1.165) is 39.1 Å². The molecule has 0 bridgehead atoms. The lowest BCUT2D eigenvalue weighted by molar-refractivity contribution is -0.145. The Kier molecular flexibility index (Phi) is 8.15. The van der Waals surface area contributed by atoms with Gasteiger partial charge in [0.15, 0.2) is 6.29 Å². The van der Waals surface area contributed by atoms with Crippen LogP contribution in [0.15, 0.2) is 0 Å². The summed E-state index contributed by atoms with van der Waals surface area (Å²) in [7, 11) is 0. The average Bonchev–Trinajstić information content (AvgIpc) is 3.20. The molecule has 2 saturated heterocycles. The molecule has 0 aromatic carbocycles.